The van der Waals surface area contributed by atoms with E-state index < -0.39 is 0 Å². The molecule has 1 saturated heterocycles. The molecule has 3 heterocycles. The van der Waals surface area contributed by atoms with Gasteiger partial charge in [0.1, 0.15) is 10.8 Å². The van der Waals surface area contributed by atoms with Crippen LogP contribution >= 0.6 is 23.1 Å². The second-order valence-electron chi connectivity index (χ2n) is 6.93. The van der Waals surface area contributed by atoms with E-state index in [-0.39, 0.29) is 23.5 Å². The molecule has 1 fully saturated rings. The van der Waals surface area contributed by atoms with E-state index in [2.05, 4.69) is 16.3 Å². The number of halogens is 1. The van der Waals surface area contributed by atoms with Crippen LogP contribution in [0.5, 0.6) is 0 Å². The van der Waals surface area contributed by atoms with Crippen LogP contribution in [0, 0.1) is 5.82 Å². The summed E-state index contributed by atoms with van der Waals surface area (Å²) in [6.07, 6.45) is 1.89. The average molecular weight is 441 g/mol. The molecule has 1 aliphatic heterocycles. The summed E-state index contributed by atoms with van der Waals surface area (Å²) in [5.41, 5.74) is 1.61. The minimum absolute atomic E-state index is 0.0213. The first-order chi connectivity index (χ1) is 14.7. The van der Waals surface area contributed by atoms with Gasteiger partial charge in [0.25, 0.3) is 5.22 Å². The zero-order valence-corrected chi connectivity index (χ0v) is 17.5. The lowest BCUT2D eigenvalue weighted by molar-refractivity contribution is -0.129. The SMILES string of the molecule is O=C(CSc1nnc(-c2ccc(F)cc2)o1)N1CCC[C@@H]1c1nc2ccccc2s1. The van der Waals surface area contributed by atoms with Crippen molar-refractivity contribution in [3.63, 3.8) is 0 Å². The number of rotatable bonds is 5. The van der Waals surface area contributed by atoms with Gasteiger partial charge in [0.05, 0.1) is 22.0 Å². The number of amides is 1. The molecular formula is C21H17FN4O2S2. The molecule has 0 bridgehead atoms. The lowest BCUT2D eigenvalue weighted by atomic mass is 10.2. The topological polar surface area (TPSA) is 72.1 Å². The van der Waals surface area contributed by atoms with Crippen LogP contribution in [0.3, 0.4) is 0 Å². The van der Waals surface area contributed by atoms with Gasteiger partial charge in [0.2, 0.25) is 11.8 Å². The largest absolute Gasteiger partial charge is 0.411 e. The van der Waals surface area contributed by atoms with Gasteiger partial charge in [-0.25, -0.2) is 9.37 Å². The Labute approximate surface area is 180 Å². The number of hydrogen-bond acceptors (Lipinski definition) is 7. The number of carbonyl (C=O) groups excluding carboxylic acids is 1. The second-order valence-corrected chi connectivity index (χ2v) is 8.92. The van der Waals surface area contributed by atoms with Gasteiger partial charge in [0, 0.05) is 12.1 Å². The number of thioether (sulfide) groups is 1. The molecule has 152 valence electrons. The molecule has 0 aliphatic carbocycles. The van der Waals surface area contributed by atoms with Gasteiger partial charge in [0.15, 0.2) is 0 Å². The third-order valence-corrected chi connectivity index (χ3v) is 6.93. The van der Waals surface area contributed by atoms with Gasteiger partial charge < -0.3 is 9.32 Å². The molecule has 1 atom stereocenters. The van der Waals surface area contributed by atoms with Crippen molar-refractivity contribution in [2.75, 3.05) is 12.3 Å². The number of para-hydroxylation sites is 1. The fourth-order valence-corrected chi connectivity index (χ4v) is 5.30. The van der Waals surface area contributed by atoms with Crippen LogP contribution < -0.4 is 0 Å². The zero-order chi connectivity index (χ0) is 20.5. The summed E-state index contributed by atoms with van der Waals surface area (Å²) in [5, 5.41) is 9.28. The summed E-state index contributed by atoms with van der Waals surface area (Å²) in [7, 11) is 0. The van der Waals surface area contributed by atoms with Crippen LogP contribution in [0.25, 0.3) is 21.7 Å². The van der Waals surface area contributed by atoms with Crippen molar-refractivity contribution in [3.8, 4) is 11.5 Å². The van der Waals surface area contributed by atoms with Gasteiger partial charge in [-0.2, -0.15) is 0 Å². The Morgan fingerprint density at radius 1 is 1.20 bits per heavy atom. The van der Waals surface area contributed by atoms with E-state index in [4.69, 9.17) is 9.40 Å². The molecule has 0 N–H and O–H groups in total. The predicted molar refractivity (Wildman–Crippen MR) is 114 cm³/mol. The number of likely N-dealkylation sites (tertiary alicyclic amines) is 1. The standard InChI is InChI=1S/C21H17FN4O2S2/c22-14-9-7-13(8-10-14)19-24-25-21(28-19)29-12-18(27)26-11-3-5-16(26)20-23-15-4-1-2-6-17(15)30-20/h1-2,4,6-10,16H,3,5,11-12H2/t16-/m1/s1. The van der Waals surface area contributed by atoms with Crippen LogP contribution in [-0.2, 0) is 4.79 Å². The first-order valence-corrected chi connectivity index (χ1v) is 11.3. The van der Waals surface area contributed by atoms with E-state index in [1.807, 2.05) is 23.1 Å². The quantitative estimate of drug-likeness (QED) is 0.409. The molecule has 1 amide bonds. The summed E-state index contributed by atoms with van der Waals surface area (Å²) in [6, 6.07) is 13.9. The van der Waals surface area contributed by atoms with E-state index in [1.54, 1.807) is 23.5 Å². The number of nitrogens with zero attached hydrogens (tertiary/aromatic N) is 4. The number of hydrogen-bond donors (Lipinski definition) is 0. The molecular weight excluding hydrogens is 423 g/mol. The summed E-state index contributed by atoms with van der Waals surface area (Å²) >= 11 is 2.87. The summed E-state index contributed by atoms with van der Waals surface area (Å²) in [5.74, 6) is 0.223. The molecule has 1 aliphatic rings. The highest BCUT2D eigenvalue weighted by molar-refractivity contribution is 7.99. The van der Waals surface area contributed by atoms with Crippen molar-refractivity contribution < 1.29 is 13.6 Å². The minimum Gasteiger partial charge on any atom is -0.411 e. The van der Waals surface area contributed by atoms with Crippen molar-refractivity contribution in [1.82, 2.24) is 20.1 Å². The molecule has 0 unspecified atom stereocenters. The Bertz CT molecular complexity index is 1160. The third kappa shape index (κ3) is 3.82. The summed E-state index contributed by atoms with van der Waals surface area (Å²) in [6.45, 7) is 0.727. The van der Waals surface area contributed by atoms with E-state index in [0.717, 1.165) is 34.6 Å². The Hall–Kier alpha value is -2.78. The zero-order valence-electron chi connectivity index (χ0n) is 15.8. The monoisotopic (exact) mass is 440 g/mol. The number of fused-ring (bicyclic) bond motifs is 1. The van der Waals surface area contributed by atoms with Gasteiger partial charge in [-0.15, -0.1) is 21.5 Å². The maximum absolute atomic E-state index is 13.1. The Kier molecular flexibility index (Phi) is 5.22. The maximum Gasteiger partial charge on any atom is 0.277 e. The first kappa shape index (κ1) is 19.2. The lowest BCUT2D eigenvalue weighted by Crippen LogP contribution is -2.31. The fraction of sp³-hybridized carbons (Fsp3) is 0.238. The van der Waals surface area contributed by atoms with Crippen molar-refractivity contribution in [2.24, 2.45) is 0 Å². The normalized spacial score (nSPS) is 16.4. The Balaban J connectivity index is 1.25. The van der Waals surface area contributed by atoms with Gasteiger partial charge >= 0.3 is 0 Å². The highest BCUT2D eigenvalue weighted by Gasteiger charge is 2.32. The number of benzene rings is 2. The summed E-state index contributed by atoms with van der Waals surface area (Å²) < 4.78 is 19.8. The van der Waals surface area contributed by atoms with Crippen LogP contribution in [0.4, 0.5) is 4.39 Å². The average Bonchev–Trinajstić information content (AvgIpc) is 3.51. The van der Waals surface area contributed by atoms with Crippen LogP contribution in [0.15, 0.2) is 58.2 Å². The Morgan fingerprint density at radius 2 is 2.03 bits per heavy atom. The fourth-order valence-electron chi connectivity index (χ4n) is 3.54. The summed E-state index contributed by atoms with van der Waals surface area (Å²) in [4.78, 5) is 19.5. The molecule has 0 saturated carbocycles. The third-order valence-electron chi connectivity index (χ3n) is 4.99. The van der Waals surface area contributed by atoms with Crippen LogP contribution in [-0.4, -0.2) is 38.3 Å². The number of thiazole rings is 1. The smallest absolute Gasteiger partial charge is 0.277 e. The lowest BCUT2D eigenvalue weighted by Gasteiger charge is -2.22. The van der Waals surface area contributed by atoms with E-state index >= 15 is 0 Å². The van der Waals surface area contributed by atoms with E-state index in [9.17, 15) is 9.18 Å². The number of aromatic nitrogens is 3. The van der Waals surface area contributed by atoms with Gasteiger partial charge in [-0.3, -0.25) is 4.79 Å². The van der Waals surface area contributed by atoms with Crippen molar-refractivity contribution in [2.45, 2.75) is 24.1 Å². The highest BCUT2D eigenvalue weighted by Crippen LogP contribution is 2.37. The highest BCUT2D eigenvalue weighted by atomic mass is 32.2. The molecule has 2 aromatic carbocycles. The molecule has 5 rings (SSSR count). The molecule has 4 aromatic rings. The maximum atomic E-state index is 13.1. The first-order valence-electron chi connectivity index (χ1n) is 9.54. The molecule has 6 nitrogen and oxygen atoms in total. The van der Waals surface area contributed by atoms with Gasteiger partial charge in [-0.05, 0) is 49.2 Å². The second kappa shape index (κ2) is 8.16. The van der Waals surface area contributed by atoms with Crippen LogP contribution in [0.2, 0.25) is 0 Å². The minimum atomic E-state index is -0.327. The van der Waals surface area contributed by atoms with E-state index in [0.29, 0.717) is 16.7 Å². The van der Waals surface area contributed by atoms with Gasteiger partial charge in [-0.1, -0.05) is 23.9 Å². The van der Waals surface area contributed by atoms with Crippen molar-refractivity contribution in [1.29, 1.82) is 0 Å². The van der Waals surface area contributed by atoms with E-state index in [1.165, 1.54) is 23.9 Å². The predicted octanol–water partition coefficient (Wildman–Crippen LogP) is 4.94. The number of carbonyl (C=O) groups is 1. The molecule has 0 spiro atoms. The molecule has 9 heteroatoms. The van der Waals surface area contributed by atoms with Crippen molar-refractivity contribution in [3.05, 3.63) is 59.4 Å². The molecule has 30 heavy (non-hydrogen) atoms. The van der Waals surface area contributed by atoms with Crippen LogP contribution in [0.1, 0.15) is 23.9 Å². The van der Waals surface area contributed by atoms with Crippen molar-refractivity contribution >= 4 is 39.2 Å². The Morgan fingerprint density at radius 3 is 2.87 bits per heavy atom. The molecule has 2 aromatic heterocycles. The molecule has 0 radical (unpaired) electrons.